The molecule has 1 fully saturated rings. The van der Waals surface area contributed by atoms with E-state index in [1.165, 1.54) is 0 Å². The lowest BCUT2D eigenvalue weighted by Gasteiger charge is -2.32. The van der Waals surface area contributed by atoms with E-state index in [0.29, 0.717) is 6.61 Å². The largest absolute Gasteiger partial charge is 0.498 e. The molecule has 0 atom stereocenters. The molecule has 1 saturated heterocycles. The third kappa shape index (κ3) is 3.25. The highest BCUT2D eigenvalue weighted by molar-refractivity contribution is 6.62. The van der Waals surface area contributed by atoms with E-state index < -0.39 is 24.1 Å². The number of rotatable bonds is 5. The van der Waals surface area contributed by atoms with Crippen LogP contribution in [0.25, 0.3) is 0 Å². The van der Waals surface area contributed by atoms with E-state index in [1.807, 2.05) is 27.7 Å². The van der Waals surface area contributed by atoms with E-state index >= 15 is 0 Å². The highest BCUT2D eigenvalue weighted by atomic mass is 35.5. The van der Waals surface area contributed by atoms with Crippen molar-refractivity contribution in [2.45, 2.75) is 38.9 Å². The highest BCUT2D eigenvalue weighted by Crippen LogP contribution is 2.37. The molecule has 122 valence electrons. The van der Waals surface area contributed by atoms with Gasteiger partial charge in [-0.2, -0.15) is 0 Å². The predicted octanol–water partition coefficient (Wildman–Crippen LogP) is 2.80. The molecule has 0 unspecified atom stereocenters. The van der Waals surface area contributed by atoms with Crippen LogP contribution in [-0.4, -0.2) is 38.6 Å². The second-order valence-corrected chi connectivity index (χ2v) is 6.62. The van der Waals surface area contributed by atoms with Crippen LogP contribution in [0.2, 0.25) is 5.02 Å². The van der Waals surface area contributed by atoms with Crippen molar-refractivity contribution in [3.8, 4) is 5.75 Å². The standard InChI is InChI=1S/C15H21BClFO4/c1-14(2)15(3,4)22-16(21-14)10-6-7-11(17)13(12(10)18)20-9-8-19-5/h6-7H,8-9H2,1-5H3. The summed E-state index contributed by atoms with van der Waals surface area (Å²) in [6, 6.07) is 3.14. The van der Waals surface area contributed by atoms with Crippen LogP contribution in [0, 0.1) is 5.82 Å². The Bertz CT molecular complexity index is 535. The molecule has 1 aliphatic rings. The zero-order chi connectivity index (χ0) is 16.5. The fourth-order valence-corrected chi connectivity index (χ4v) is 2.26. The van der Waals surface area contributed by atoms with Gasteiger partial charge in [-0.25, -0.2) is 4.39 Å². The number of methoxy groups -OCH3 is 1. The molecule has 22 heavy (non-hydrogen) atoms. The second kappa shape index (κ2) is 6.36. The molecule has 0 aromatic heterocycles. The molecule has 0 radical (unpaired) electrons. The number of hydrogen-bond acceptors (Lipinski definition) is 4. The van der Waals surface area contributed by atoms with Gasteiger partial charge in [0.15, 0.2) is 11.6 Å². The van der Waals surface area contributed by atoms with Crippen LogP contribution in [0.15, 0.2) is 12.1 Å². The van der Waals surface area contributed by atoms with Crippen LogP contribution in [-0.2, 0) is 14.0 Å². The van der Waals surface area contributed by atoms with E-state index in [2.05, 4.69) is 0 Å². The summed E-state index contributed by atoms with van der Waals surface area (Å²) in [7, 11) is 0.745. The molecule has 1 aromatic carbocycles. The number of ether oxygens (including phenoxy) is 2. The van der Waals surface area contributed by atoms with Crippen molar-refractivity contribution in [1.29, 1.82) is 0 Å². The summed E-state index contributed by atoms with van der Waals surface area (Å²) in [6.07, 6.45) is 0. The molecule has 4 nitrogen and oxygen atoms in total. The molecule has 0 N–H and O–H groups in total. The molecule has 1 heterocycles. The SMILES string of the molecule is COCCOc1c(Cl)ccc(B2OC(C)(C)C(C)(C)O2)c1F. The van der Waals surface area contributed by atoms with Crippen molar-refractivity contribution < 1.29 is 23.2 Å². The quantitative estimate of drug-likeness (QED) is 0.614. The highest BCUT2D eigenvalue weighted by Gasteiger charge is 2.52. The maximum atomic E-state index is 14.7. The third-order valence-electron chi connectivity index (χ3n) is 4.12. The van der Waals surface area contributed by atoms with Gasteiger partial charge < -0.3 is 18.8 Å². The smallest absolute Gasteiger partial charge is 0.487 e. The Morgan fingerprint density at radius 2 is 1.73 bits per heavy atom. The molecular formula is C15H21BClFO4. The summed E-state index contributed by atoms with van der Waals surface area (Å²) < 4.78 is 36.7. The van der Waals surface area contributed by atoms with Crippen molar-refractivity contribution >= 4 is 24.2 Å². The monoisotopic (exact) mass is 330 g/mol. The van der Waals surface area contributed by atoms with E-state index in [4.69, 9.17) is 30.4 Å². The average molecular weight is 331 g/mol. The van der Waals surface area contributed by atoms with Crippen molar-refractivity contribution in [2.24, 2.45) is 0 Å². The maximum Gasteiger partial charge on any atom is 0.498 e. The van der Waals surface area contributed by atoms with E-state index in [0.717, 1.165) is 0 Å². The predicted molar refractivity (Wildman–Crippen MR) is 84.5 cm³/mol. The fourth-order valence-electron chi connectivity index (χ4n) is 2.06. The van der Waals surface area contributed by atoms with Crippen molar-refractivity contribution in [3.05, 3.63) is 23.0 Å². The molecule has 0 aliphatic carbocycles. The van der Waals surface area contributed by atoms with Crippen LogP contribution in [0.1, 0.15) is 27.7 Å². The van der Waals surface area contributed by atoms with Gasteiger partial charge in [-0.1, -0.05) is 17.7 Å². The zero-order valence-electron chi connectivity index (χ0n) is 13.5. The van der Waals surface area contributed by atoms with Crippen LogP contribution in [0.5, 0.6) is 5.75 Å². The van der Waals surface area contributed by atoms with Gasteiger partial charge in [0.25, 0.3) is 0 Å². The second-order valence-electron chi connectivity index (χ2n) is 6.21. The summed E-state index contributed by atoms with van der Waals surface area (Å²) in [6.45, 7) is 8.21. The average Bonchev–Trinajstić information content (AvgIpc) is 2.62. The van der Waals surface area contributed by atoms with Gasteiger partial charge in [0, 0.05) is 12.6 Å². The summed E-state index contributed by atoms with van der Waals surface area (Å²) in [5.74, 6) is -0.576. The molecule has 0 bridgehead atoms. The third-order valence-corrected chi connectivity index (χ3v) is 4.42. The summed E-state index contributed by atoms with van der Waals surface area (Å²) >= 11 is 6.01. The Morgan fingerprint density at radius 3 is 2.27 bits per heavy atom. The maximum absolute atomic E-state index is 14.7. The summed E-state index contributed by atoms with van der Waals surface area (Å²) in [5.41, 5.74) is -0.808. The van der Waals surface area contributed by atoms with Crippen LogP contribution < -0.4 is 10.2 Å². The van der Waals surface area contributed by atoms with E-state index in [1.54, 1.807) is 19.2 Å². The Kier molecular flexibility index (Phi) is 5.07. The minimum absolute atomic E-state index is 0.00840. The Balaban J connectivity index is 2.28. The Labute approximate surface area is 136 Å². The van der Waals surface area contributed by atoms with Crippen LogP contribution in [0.4, 0.5) is 4.39 Å². The lowest BCUT2D eigenvalue weighted by Crippen LogP contribution is -2.41. The minimum Gasteiger partial charge on any atom is -0.487 e. The molecule has 0 spiro atoms. The minimum atomic E-state index is -0.799. The molecule has 0 saturated carbocycles. The van der Waals surface area contributed by atoms with Crippen LogP contribution >= 0.6 is 11.6 Å². The lowest BCUT2D eigenvalue weighted by molar-refractivity contribution is 0.00578. The molecule has 0 amide bonds. The molecule has 1 aromatic rings. The first kappa shape index (κ1) is 17.5. The van der Waals surface area contributed by atoms with Gasteiger partial charge in [-0.3, -0.25) is 0 Å². The molecular weight excluding hydrogens is 309 g/mol. The Morgan fingerprint density at radius 1 is 1.14 bits per heavy atom. The first-order chi connectivity index (χ1) is 10.2. The Hall–Kier alpha value is -0.815. The van der Waals surface area contributed by atoms with Crippen molar-refractivity contribution in [2.75, 3.05) is 20.3 Å². The number of hydrogen-bond donors (Lipinski definition) is 0. The van der Waals surface area contributed by atoms with Gasteiger partial charge in [0.05, 0.1) is 22.8 Å². The van der Waals surface area contributed by atoms with Crippen LogP contribution in [0.3, 0.4) is 0 Å². The zero-order valence-corrected chi connectivity index (χ0v) is 14.3. The van der Waals surface area contributed by atoms with Crippen molar-refractivity contribution in [1.82, 2.24) is 0 Å². The van der Waals surface area contributed by atoms with Gasteiger partial charge in [0.1, 0.15) is 6.61 Å². The normalized spacial score (nSPS) is 19.5. The fraction of sp³-hybridized carbons (Fsp3) is 0.600. The van der Waals surface area contributed by atoms with E-state index in [9.17, 15) is 4.39 Å². The first-order valence-corrected chi connectivity index (χ1v) is 7.52. The number of benzene rings is 1. The lowest BCUT2D eigenvalue weighted by atomic mass is 9.78. The molecule has 7 heteroatoms. The molecule has 2 rings (SSSR count). The van der Waals surface area contributed by atoms with Gasteiger partial charge >= 0.3 is 7.12 Å². The van der Waals surface area contributed by atoms with Gasteiger partial charge in [-0.05, 0) is 33.8 Å². The van der Waals surface area contributed by atoms with Gasteiger partial charge in [0.2, 0.25) is 0 Å². The van der Waals surface area contributed by atoms with Crippen molar-refractivity contribution in [3.63, 3.8) is 0 Å². The van der Waals surface area contributed by atoms with E-state index in [-0.39, 0.29) is 22.8 Å². The summed E-state index contributed by atoms with van der Waals surface area (Å²) in [5, 5.41) is 0.203. The number of halogens is 2. The topological polar surface area (TPSA) is 36.9 Å². The first-order valence-electron chi connectivity index (χ1n) is 7.15. The summed E-state index contributed by atoms with van der Waals surface area (Å²) in [4.78, 5) is 0. The molecule has 1 aliphatic heterocycles. The van der Waals surface area contributed by atoms with Gasteiger partial charge in [-0.15, -0.1) is 0 Å².